The molecule has 1 aromatic heterocycles. The summed E-state index contributed by atoms with van der Waals surface area (Å²) in [6, 6.07) is 8.09. The summed E-state index contributed by atoms with van der Waals surface area (Å²) in [6.07, 6.45) is 3.76. The Hall–Kier alpha value is -1.89. The van der Waals surface area contributed by atoms with Crippen LogP contribution >= 0.6 is 12.4 Å². The summed E-state index contributed by atoms with van der Waals surface area (Å²) in [5.74, 6) is 2.68. The summed E-state index contributed by atoms with van der Waals surface area (Å²) in [4.78, 5) is 20.0. The smallest absolute Gasteiger partial charge is 0.254 e. The standard InChI is InChI=1S/C22H27N3O3.ClH/c26-22(18-4-2-1-3-17(18)16-5-9-23-13-16)25-10-6-20-19(14-25)24-21(28-20)15-7-11-27-12-8-15;/h1-4,15-16,23H,5-14H2;1H. The van der Waals surface area contributed by atoms with Crippen LogP contribution in [-0.2, 0) is 17.7 Å². The lowest BCUT2D eigenvalue weighted by Crippen LogP contribution is -2.36. The number of oxazole rings is 1. The number of nitrogens with zero attached hydrogens (tertiary/aromatic N) is 2. The van der Waals surface area contributed by atoms with Crippen molar-refractivity contribution in [2.45, 2.75) is 44.1 Å². The van der Waals surface area contributed by atoms with Crippen molar-refractivity contribution in [1.29, 1.82) is 0 Å². The van der Waals surface area contributed by atoms with E-state index < -0.39 is 0 Å². The Morgan fingerprint density at radius 3 is 2.76 bits per heavy atom. The van der Waals surface area contributed by atoms with Gasteiger partial charge in [0, 0.05) is 44.2 Å². The SMILES string of the molecule is Cl.O=C(c1ccccc1C1CCNC1)N1CCc2oc(C3CCOCC3)nc2C1. The molecule has 1 atom stereocenters. The van der Waals surface area contributed by atoms with E-state index in [0.717, 1.165) is 74.9 Å². The van der Waals surface area contributed by atoms with Crippen molar-refractivity contribution in [2.24, 2.45) is 0 Å². The molecule has 3 aliphatic heterocycles. The monoisotopic (exact) mass is 417 g/mol. The molecular formula is C22H28ClN3O3. The van der Waals surface area contributed by atoms with E-state index >= 15 is 0 Å². The number of amides is 1. The van der Waals surface area contributed by atoms with Crippen molar-refractivity contribution in [2.75, 3.05) is 32.8 Å². The molecule has 7 heteroatoms. The van der Waals surface area contributed by atoms with Crippen LogP contribution in [0.2, 0.25) is 0 Å². The van der Waals surface area contributed by atoms with Crippen LogP contribution in [0.15, 0.2) is 28.7 Å². The number of aromatic nitrogens is 1. The lowest BCUT2D eigenvalue weighted by molar-refractivity contribution is 0.0724. The second-order valence-electron chi connectivity index (χ2n) is 8.06. The number of nitrogens with one attached hydrogen (secondary N) is 1. The molecule has 0 aliphatic carbocycles. The van der Waals surface area contributed by atoms with Gasteiger partial charge in [0.2, 0.25) is 0 Å². The number of fused-ring (bicyclic) bond motifs is 1. The van der Waals surface area contributed by atoms with Gasteiger partial charge in [-0.2, -0.15) is 0 Å². The van der Waals surface area contributed by atoms with Crippen molar-refractivity contribution in [1.82, 2.24) is 15.2 Å². The largest absolute Gasteiger partial charge is 0.445 e. The molecule has 0 bridgehead atoms. The quantitative estimate of drug-likeness (QED) is 0.830. The molecule has 0 saturated carbocycles. The van der Waals surface area contributed by atoms with Crippen molar-refractivity contribution >= 4 is 18.3 Å². The highest BCUT2D eigenvalue weighted by Gasteiger charge is 2.31. The first-order chi connectivity index (χ1) is 13.8. The van der Waals surface area contributed by atoms with Crippen LogP contribution in [0, 0.1) is 0 Å². The molecule has 1 amide bonds. The van der Waals surface area contributed by atoms with Crippen molar-refractivity contribution < 1.29 is 13.9 Å². The van der Waals surface area contributed by atoms with Gasteiger partial charge in [-0.3, -0.25) is 4.79 Å². The molecule has 5 rings (SSSR count). The number of halogens is 1. The van der Waals surface area contributed by atoms with Gasteiger partial charge in [0.05, 0.1) is 6.54 Å². The zero-order valence-electron chi connectivity index (χ0n) is 16.6. The number of rotatable bonds is 3. The molecule has 2 saturated heterocycles. The van der Waals surface area contributed by atoms with Gasteiger partial charge >= 0.3 is 0 Å². The predicted molar refractivity (Wildman–Crippen MR) is 112 cm³/mol. The molecule has 3 aliphatic rings. The predicted octanol–water partition coefficient (Wildman–Crippen LogP) is 3.27. The van der Waals surface area contributed by atoms with E-state index in [0.29, 0.717) is 24.9 Å². The van der Waals surface area contributed by atoms with E-state index in [9.17, 15) is 4.79 Å². The van der Waals surface area contributed by atoms with E-state index in [4.69, 9.17) is 14.1 Å². The summed E-state index contributed by atoms with van der Waals surface area (Å²) >= 11 is 0. The third kappa shape index (κ3) is 4.06. The minimum atomic E-state index is 0. The lowest BCUT2D eigenvalue weighted by Gasteiger charge is -2.27. The van der Waals surface area contributed by atoms with Crippen LogP contribution in [-0.4, -0.2) is 48.6 Å². The Kier molecular flexibility index (Phi) is 6.23. The van der Waals surface area contributed by atoms with Crippen LogP contribution < -0.4 is 5.32 Å². The molecule has 0 radical (unpaired) electrons. The van der Waals surface area contributed by atoms with Gasteiger partial charge in [-0.1, -0.05) is 18.2 Å². The fraction of sp³-hybridized carbons (Fsp3) is 0.545. The molecule has 2 aromatic rings. The summed E-state index contributed by atoms with van der Waals surface area (Å²) in [5.41, 5.74) is 2.94. The second-order valence-corrected chi connectivity index (χ2v) is 8.06. The topological polar surface area (TPSA) is 67.6 Å². The van der Waals surface area contributed by atoms with Gasteiger partial charge in [-0.15, -0.1) is 12.4 Å². The molecule has 156 valence electrons. The Labute approximate surface area is 177 Å². The van der Waals surface area contributed by atoms with E-state index in [1.807, 2.05) is 23.1 Å². The summed E-state index contributed by atoms with van der Waals surface area (Å²) in [6.45, 7) is 4.74. The lowest BCUT2D eigenvalue weighted by atomic mass is 9.92. The third-order valence-electron chi connectivity index (χ3n) is 6.29. The molecule has 1 N–H and O–H groups in total. The van der Waals surface area contributed by atoms with E-state index in [2.05, 4.69) is 11.4 Å². The van der Waals surface area contributed by atoms with Crippen LogP contribution in [0.25, 0.3) is 0 Å². The normalized spacial score (nSPS) is 22.2. The number of carbonyl (C=O) groups excluding carboxylic acids is 1. The van der Waals surface area contributed by atoms with E-state index in [1.54, 1.807) is 0 Å². The number of ether oxygens (including phenoxy) is 1. The summed E-state index contributed by atoms with van der Waals surface area (Å²) in [7, 11) is 0. The maximum atomic E-state index is 13.3. The van der Waals surface area contributed by atoms with E-state index in [-0.39, 0.29) is 18.3 Å². The molecule has 4 heterocycles. The highest BCUT2D eigenvalue weighted by atomic mass is 35.5. The van der Waals surface area contributed by atoms with Gasteiger partial charge in [0.1, 0.15) is 11.5 Å². The molecule has 1 aromatic carbocycles. The van der Waals surface area contributed by atoms with E-state index in [1.165, 1.54) is 5.56 Å². The fourth-order valence-electron chi connectivity index (χ4n) is 4.65. The maximum absolute atomic E-state index is 13.3. The first kappa shape index (κ1) is 20.4. The Balaban J connectivity index is 0.00000205. The van der Waals surface area contributed by atoms with Crippen LogP contribution in [0.3, 0.4) is 0 Å². The second kappa shape index (κ2) is 8.86. The average Bonchev–Trinajstić information content (AvgIpc) is 3.43. The fourth-order valence-corrected chi connectivity index (χ4v) is 4.65. The minimum absolute atomic E-state index is 0. The van der Waals surface area contributed by atoms with Crippen molar-refractivity contribution in [3.05, 3.63) is 52.7 Å². The number of hydrogen-bond donors (Lipinski definition) is 1. The van der Waals surface area contributed by atoms with Gasteiger partial charge < -0.3 is 19.4 Å². The van der Waals surface area contributed by atoms with Crippen LogP contribution in [0.4, 0.5) is 0 Å². The number of benzene rings is 1. The Morgan fingerprint density at radius 2 is 1.97 bits per heavy atom. The average molecular weight is 418 g/mol. The maximum Gasteiger partial charge on any atom is 0.254 e. The first-order valence-corrected chi connectivity index (χ1v) is 10.4. The Bertz CT molecular complexity index is 857. The highest BCUT2D eigenvalue weighted by molar-refractivity contribution is 5.96. The first-order valence-electron chi connectivity index (χ1n) is 10.4. The van der Waals surface area contributed by atoms with Crippen LogP contribution in [0.5, 0.6) is 0 Å². The van der Waals surface area contributed by atoms with Gasteiger partial charge in [0.25, 0.3) is 5.91 Å². The Morgan fingerprint density at radius 1 is 1.14 bits per heavy atom. The summed E-state index contributed by atoms with van der Waals surface area (Å²) < 4.78 is 11.5. The van der Waals surface area contributed by atoms with Gasteiger partial charge in [-0.25, -0.2) is 4.98 Å². The highest BCUT2D eigenvalue weighted by Crippen LogP contribution is 2.31. The molecule has 6 nitrogen and oxygen atoms in total. The van der Waals surface area contributed by atoms with Gasteiger partial charge in [-0.05, 0) is 43.4 Å². The summed E-state index contributed by atoms with van der Waals surface area (Å²) in [5, 5.41) is 3.41. The molecule has 29 heavy (non-hydrogen) atoms. The van der Waals surface area contributed by atoms with Crippen LogP contribution in [0.1, 0.15) is 64.4 Å². The molecular weight excluding hydrogens is 390 g/mol. The van der Waals surface area contributed by atoms with Crippen molar-refractivity contribution in [3.8, 4) is 0 Å². The zero-order valence-corrected chi connectivity index (χ0v) is 17.4. The minimum Gasteiger partial charge on any atom is -0.445 e. The zero-order chi connectivity index (χ0) is 18.9. The molecule has 2 fully saturated rings. The molecule has 0 spiro atoms. The number of hydrogen-bond acceptors (Lipinski definition) is 5. The van der Waals surface area contributed by atoms with Crippen molar-refractivity contribution in [3.63, 3.8) is 0 Å². The van der Waals surface area contributed by atoms with Gasteiger partial charge in [0.15, 0.2) is 5.89 Å². The number of carbonyl (C=O) groups is 1. The molecule has 1 unspecified atom stereocenters. The third-order valence-corrected chi connectivity index (χ3v) is 6.29.